The summed E-state index contributed by atoms with van der Waals surface area (Å²) in [5.41, 5.74) is 0. The first kappa shape index (κ1) is 7.75. The van der Waals surface area contributed by atoms with Crippen LogP contribution in [0.3, 0.4) is 0 Å². The summed E-state index contributed by atoms with van der Waals surface area (Å²) in [5, 5.41) is 2.22. The van der Waals surface area contributed by atoms with Crippen LogP contribution in [0.1, 0.15) is 19.8 Å². The Balaban J connectivity index is 2.62. The summed E-state index contributed by atoms with van der Waals surface area (Å²) < 4.78 is 4.12. The lowest BCUT2D eigenvalue weighted by molar-refractivity contribution is 0.397. The van der Waals surface area contributed by atoms with Crippen LogP contribution in [0.2, 0.25) is 0 Å². The predicted molar refractivity (Wildman–Crippen MR) is 34.2 cm³/mol. The van der Waals surface area contributed by atoms with Gasteiger partial charge in [-0.1, -0.05) is 13.3 Å². The zero-order valence-electron chi connectivity index (χ0n) is 4.79. The monoisotopic (exact) mass is 135 g/mol. The molecule has 0 radical (unpaired) electrons. The molecule has 0 saturated carbocycles. The van der Waals surface area contributed by atoms with Crippen LogP contribution in [0.15, 0.2) is 5.34 Å². The summed E-state index contributed by atoms with van der Waals surface area (Å²) >= 11 is 1.10. The molecule has 0 amide bonds. The van der Waals surface area contributed by atoms with E-state index < -0.39 is 0 Å². The Bertz CT molecular complexity index is 60.0. The van der Waals surface area contributed by atoms with Crippen molar-refractivity contribution in [2.45, 2.75) is 19.8 Å². The third-order valence-corrected chi connectivity index (χ3v) is 1.29. The molecule has 0 aromatic carbocycles. The quantitative estimate of drug-likeness (QED) is 0.251. The van der Waals surface area contributed by atoms with Crippen molar-refractivity contribution < 1.29 is 4.28 Å². The molecule has 4 heteroatoms. The van der Waals surface area contributed by atoms with Crippen LogP contribution in [0, 0.1) is 4.91 Å². The van der Waals surface area contributed by atoms with Gasteiger partial charge in [0.1, 0.15) is 0 Å². The molecule has 0 aliphatic heterocycles. The number of hydrogen-bond donors (Lipinski definition) is 0. The Morgan fingerprint density at radius 2 is 2.50 bits per heavy atom. The van der Waals surface area contributed by atoms with E-state index in [1.165, 1.54) is 0 Å². The molecule has 0 unspecified atom stereocenters. The minimum absolute atomic E-state index is 0.849. The third-order valence-electron chi connectivity index (χ3n) is 0.664. The first-order valence-electron chi connectivity index (χ1n) is 2.53. The molecular weight excluding hydrogens is 126 g/mol. The Labute approximate surface area is 52.9 Å². The fraction of sp³-hybridized carbons (Fsp3) is 1.00. The maximum Gasteiger partial charge on any atom is 0.168 e. The van der Waals surface area contributed by atoms with E-state index in [9.17, 15) is 4.91 Å². The first-order chi connectivity index (χ1) is 3.91. The minimum Gasteiger partial charge on any atom is -0.288 e. The molecule has 0 aromatic rings. The first-order valence-corrected chi connectivity index (χ1v) is 3.44. The second-order valence-corrected chi connectivity index (χ2v) is 2.12. The van der Waals surface area contributed by atoms with Gasteiger partial charge in [-0.05, 0) is 6.42 Å². The number of rotatable bonds is 5. The van der Waals surface area contributed by atoms with Gasteiger partial charge in [0.2, 0.25) is 0 Å². The summed E-state index contributed by atoms with van der Waals surface area (Å²) in [6, 6.07) is 0. The SMILES string of the molecule is CCCCSON=O. The summed E-state index contributed by atoms with van der Waals surface area (Å²) in [7, 11) is 0. The molecule has 0 bridgehead atoms. The Hall–Kier alpha value is -0.250. The Morgan fingerprint density at radius 1 is 1.75 bits per heavy atom. The van der Waals surface area contributed by atoms with E-state index in [2.05, 4.69) is 16.5 Å². The lowest BCUT2D eigenvalue weighted by Crippen LogP contribution is -1.75. The van der Waals surface area contributed by atoms with Crippen molar-refractivity contribution in [3.63, 3.8) is 0 Å². The highest BCUT2D eigenvalue weighted by molar-refractivity contribution is 7.94. The standard InChI is InChI=1S/C4H9NO2S/c1-2-3-4-8-7-5-6/h2-4H2,1H3. The van der Waals surface area contributed by atoms with Crippen LogP contribution in [-0.2, 0) is 4.28 Å². The summed E-state index contributed by atoms with van der Waals surface area (Å²) in [6.45, 7) is 2.08. The van der Waals surface area contributed by atoms with Crippen molar-refractivity contribution in [1.82, 2.24) is 0 Å². The zero-order valence-corrected chi connectivity index (χ0v) is 5.61. The smallest absolute Gasteiger partial charge is 0.168 e. The summed E-state index contributed by atoms with van der Waals surface area (Å²) in [5.74, 6) is 0.849. The van der Waals surface area contributed by atoms with Crippen molar-refractivity contribution in [1.29, 1.82) is 0 Å². The van der Waals surface area contributed by atoms with Gasteiger partial charge in [-0.2, -0.15) is 0 Å². The van der Waals surface area contributed by atoms with Crippen molar-refractivity contribution in [2.75, 3.05) is 5.75 Å². The van der Waals surface area contributed by atoms with Gasteiger partial charge in [0.25, 0.3) is 0 Å². The molecule has 0 N–H and O–H groups in total. The van der Waals surface area contributed by atoms with Crippen molar-refractivity contribution >= 4 is 12.0 Å². The average molecular weight is 135 g/mol. The zero-order chi connectivity index (χ0) is 6.24. The lowest BCUT2D eigenvalue weighted by Gasteiger charge is -1.89. The van der Waals surface area contributed by atoms with Crippen molar-refractivity contribution in [2.24, 2.45) is 5.34 Å². The second-order valence-electron chi connectivity index (χ2n) is 1.32. The lowest BCUT2D eigenvalue weighted by atomic mass is 10.4. The minimum atomic E-state index is 0.849. The van der Waals surface area contributed by atoms with Gasteiger partial charge in [0, 0.05) is 5.75 Å². The molecule has 0 aliphatic rings. The molecular formula is C4H9NO2S. The fourth-order valence-electron chi connectivity index (χ4n) is 0.262. The topological polar surface area (TPSA) is 38.7 Å². The maximum absolute atomic E-state index is 9.27. The number of unbranched alkanes of at least 4 members (excludes halogenated alkanes) is 1. The van der Waals surface area contributed by atoms with Crippen molar-refractivity contribution in [3.8, 4) is 0 Å². The van der Waals surface area contributed by atoms with Gasteiger partial charge in [0.05, 0.1) is 12.0 Å². The van der Waals surface area contributed by atoms with Crippen molar-refractivity contribution in [3.05, 3.63) is 4.91 Å². The Kier molecular flexibility index (Phi) is 6.54. The maximum atomic E-state index is 9.27. The van der Waals surface area contributed by atoms with Crippen LogP contribution in [0.25, 0.3) is 0 Å². The van der Waals surface area contributed by atoms with Crippen LogP contribution in [-0.4, -0.2) is 5.75 Å². The number of hydrogen-bond acceptors (Lipinski definition) is 4. The van der Waals surface area contributed by atoms with Gasteiger partial charge in [0.15, 0.2) is 5.34 Å². The second kappa shape index (κ2) is 6.75. The molecule has 0 aromatic heterocycles. The van der Waals surface area contributed by atoms with Gasteiger partial charge in [-0.25, -0.2) is 0 Å². The van der Waals surface area contributed by atoms with E-state index in [1.807, 2.05) is 0 Å². The van der Waals surface area contributed by atoms with E-state index in [0.717, 1.165) is 30.6 Å². The molecule has 3 nitrogen and oxygen atoms in total. The molecule has 8 heavy (non-hydrogen) atoms. The molecule has 0 atom stereocenters. The van der Waals surface area contributed by atoms with E-state index in [-0.39, 0.29) is 0 Å². The van der Waals surface area contributed by atoms with Crippen LogP contribution in [0.5, 0.6) is 0 Å². The van der Waals surface area contributed by atoms with Gasteiger partial charge in [-0.15, -0.1) is 4.91 Å². The highest BCUT2D eigenvalue weighted by Gasteiger charge is 1.85. The molecule has 0 fully saturated rings. The highest BCUT2D eigenvalue weighted by atomic mass is 32.2. The van der Waals surface area contributed by atoms with E-state index in [4.69, 9.17) is 0 Å². The third kappa shape index (κ3) is 5.75. The van der Waals surface area contributed by atoms with Gasteiger partial charge in [-0.3, -0.25) is 4.28 Å². The average Bonchev–Trinajstić information content (AvgIpc) is 1.81. The highest BCUT2D eigenvalue weighted by Crippen LogP contribution is 2.04. The van der Waals surface area contributed by atoms with E-state index in [0.29, 0.717) is 0 Å². The fourth-order valence-corrected chi connectivity index (χ4v) is 0.786. The largest absolute Gasteiger partial charge is 0.288 e. The van der Waals surface area contributed by atoms with Crippen LogP contribution >= 0.6 is 12.0 Å². The van der Waals surface area contributed by atoms with Gasteiger partial charge < -0.3 is 0 Å². The molecule has 0 saturated heterocycles. The molecule has 0 aliphatic carbocycles. The molecule has 0 heterocycles. The van der Waals surface area contributed by atoms with E-state index >= 15 is 0 Å². The predicted octanol–water partition coefficient (Wildman–Crippen LogP) is 2.13. The molecule has 0 rings (SSSR count). The van der Waals surface area contributed by atoms with E-state index in [1.54, 1.807) is 0 Å². The summed E-state index contributed by atoms with van der Waals surface area (Å²) in [4.78, 5) is 9.27. The Morgan fingerprint density at radius 3 is 3.00 bits per heavy atom. The van der Waals surface area contributed by atoms with Gasteiger partial charge >= 0.3 is 0 Å². The number of nitrogens with zero attached hydrogens (tertiary/aromatic N) is 1. The van der Waals surface area contributed by atoms with Crippen LogP contribution < -0.4 is 0 Å². The summed E-state index contributed by atoms with van der Waals surface area (Å²) in [6.07, 6.45) is 2.19. The van der Waals surface area contributed by atoms with Crippen LogP contribution in [0.4, 0.5) is 0 Å². The molecule has 0 spiro atoms. The normalized spacial score (nSPS) is 8.62. The molecule has 48 valence electrons.